The molecule has 26 heavy (non-hydrogen) atoms. The molecule has 1 aromatic heterocycles. The summed E-state index contributed by atoms with van der Waals surface area (Å²) in [5.74, 6) is 0.439. The molecule has 2 heterocycles. The molecule has 0 spiro atoms. The van der Waals surface area contributed by atoms with Crippen molar-refractivity contribution in [3.05, 3.63) is 16.4 Å². The van der Waals surface area contributed by atoms with E-state index in [-0.39, 0.29) is 27.5 Å². The minimum Gasteiger partial charge on any atom is -0.489 e. The monoisotopic (exact) mass is 421 g/mol. The molecule has 148 valence electrons. The summed E-state index contributed by atoms with van der Waals surface area (Å²) < 4.78 is 17.9. The van der Waals surface area contributed by atoms with Gasteiger partial charge in [-0.05, 0) is 24.6 Å². The van der Waals surface area contributed by atoms with E-state index in [2.05, 4.69) is 49.4 Å². The van der Waals surface area contributed by atoms with Crippen molar-refractivity contribution in [2.24, 2.45) is 0 Å². The van der Waals surface area contributed by atoms with Gasteiger partial charge >= 0.3 is 0 Å². The second-order valence-electron chi connectivity index (χ2n) is 8.01. The lowest BCUT2D eigenvalue weighted by atomic mass is 10.1. The third-order valence-corrected chi connectivity index (χ3v) is 9.96. The Balaban J connectivity index is 1.85. The standard InChI is InChI=1S/C17H29Cl2N3O3Si/c1-17(2,3)26(4,5)25-14-11-23-8-6-12(14)20-7-9-24-13-10-15(18)21-22-16(13)19/h10,12,14,20H,6-9,11H2,1-5H3/t12-,14-/m1/s1. The fourth-order valence-electron chi connectivity index (χ4n) is 2.46. The molecule has 1 N–H and O–H groups in total. The number of hydrogen-bond acceptors (Lipinski definition) is 6. The highest BCUT2D eigenvalue weighted by molar-refractivity contribution is 6.74. The van der Waals surface area contributed by atoms with Crippen LogP contribution in [0.3, 0.4) is 0 Å². The Hall–Kier alpha value is -0.443. The quantitative estimate of drug-likeness (QED) is 0.531. The zero-order valence-electron chi connectivity index (χ0n) is 16.1. The van der Waals surface area contributed by atoms with Crippen LogP contribution >= 0.6 is 23.2 Å². The first-order chi connectivity index (χ1) is 12.1. The highest BCUT2D eigenvalue weighted by Gasteiger charge is 2.41. The molecular formula is C17H29Cl2N3O3Si. The van der Waals surface area contributed by atoms with Gasteiger partial charge in [-0.1, -0.05) is 44.0 Å². The van der Waals surface area contributed by atoms with Crippen molar-refractivity contribution in [3.8, 4) is 5.75 Å². The van der Waals surface area contributed by atoms with E-state index in [0.29, 0.717) is 25.5 Å². The lowest BCUT2D eigenvalue weighted by Crippen LogP contribution is -2.55. The predicted octanol–water partition coefficient (Wildman–Crippen LogP) is 3.93. The lowest BCUT2D eigenvalue weighted by molar-refractivity contribution is -0.0215. The van der Waals surface area contributed by atoms with Crippen molar-refractivity contribution >= 4 is 31.5 Å². The lowest BCUT2D eigenvalue weighted by Gasteiger charge is -2.43. The molecule has 0 bridgehead atoms. The summed E-state index contributed by atoms with van der Waals surface area (Å²) >= 11 is 11.8. The van der Waals surface area contributed by atoms with Crippen LogP contribution in [-0.2, 0) is 9.16 Å². The largest absolute Gasteiger partial charge is 0.489 e. The van der Waals surface area contributed by atoms with Crippen molar-refractivity contribution in [2.75, 3.05) is 26.4 Å². The maximum Gasteiger partial charge on any atom is 0.193 e. The van der Waals surface area contributed by atoms with Crippen LogP contribution in [-0.4, -0.2) is 57.0 Å². The van der Waals surface area contributed by atoms with E-state index in [1.165, 1.54) is 0 Å². The third kappa shape index (κ3) is 6.04. The first-order valence-electron chi connectivity index (χ1n) is 8.90. The number of ether oxygens (including phenoxy) is 2. The molecule has 1 aliphatic heterocycles. The normalized spacial score (nSPS) is 21.7. The number of hydrogen-bond donors (Lipinski definition) is 1. The van der Waals surface area contributed by atoms with E-state index in [9.17, 15) is 0 Å². The van der Waals surface area contributed by atoms with Crippen LogP contribution < -0.4 is 10.1 Å². The Kier molecular flexibility index (Phi) is 7.70. The Morgan fingerprint density at radius 1 is 1.31 bits per heavy atom. The molecule has 1 saturated heterocycles. The minimum absolute atomic E-state index is 0.0604. The number of aromatic nitrogens is 2. The van der Waals surface area contributed by atoms with Crippen molar-refractivity contribution in [3.63, 3.8) is 0 Å². The highest BCUT2D eigenvalue weighted by Crippen LogP contribution is 2.38. The molecule has 9 heteroatoms. The maximum absolute atomic E-state index is 6.56. The second kappa shape index (κ2) is 9.17. The molecule has 1 aliphatic rings. The second-order valence-corrected chi connectivity index (χ2v) is 13.5. The number of nitrogens with one attached hydrogen (secondary N) is 1. The summed E-state index contributed by atoms with van der Waals surface area (Å²) in [6.07, 6.45) is 0.980. The summed E-state index contributed by atoms with van der Waals surface area (Å²) in [6, 6.07) is 1.81. The molecule has 0 radical (unpaired) electrons. The Morgan fingerprint density at radius 3 is 2.73 bits per heavy atom. The summed E-state index contributed by atoms with van der Waals surface area (Å²) in [6.45, 7) is 13.8. The summed E-state index contributed by atoms with van der Waals surface area (Å²) in [5, 5.41) is 11.6. The average molecular weight is 422 g/mol. The van der Waals surface area contributed by atoms with Crippen LogP contribution in [0.5, 0.6) is 5.75 Å². The maximum atomic E-state index is 6.56. The van der Waals surface area contributed by atoms with Gasteiger partial charge in [0.1, 0.15) is 6.61 Å². The van der Waals surface area contributed by atoms with Crippen molar-refractivity contribution < 1.29 is 13.9 Å². The summed E-state index contributed by atoms with van der Waals surface area (Å²) in [7, 11) is -1.85. The molecule has 2 atom stereocenters. The van der Waals surface area contributed by atoms with Gasteiger partial charge in [0.2, 0.25) is 0 Å². The van der Waals surface area contributed by atoms with Crippen LogP contribution in [0.25, 0.3) is 0 Å². The first-order valence-corrected chi connectivity index (χ1v) is 12.6. The topological polar surface area (TPSA) is 65.5 Å². The van der Waals surface area contributed by atoms with Gasteiger partial charge < -0.3 is 19.2 Å². The van der Waals surface area contributed by atoms with Crippen molar-refractivity contribution in [1.82, 2.24) is 15.5 Å². The van der Waals surface area contributed by atoms with E-state index in [1.54, 1.807) is 6.07 Å². The molecule has 6 nitrogen and oxygen atoms in total. The van der Waals surface area contributed by atoms with Gasteiger partial charge in [0, 0.05) is 25.3 Å². The molecule has 0 aromatic carbocycles. The molecule has 1 aromatic rings. The Morgan fingerprint density at radius 2 is 2.04 bits per heavy atom. The van der Waals surface area contributed by atoms with E-state index in [0.717, 1.165) is 13.0 Å². The van der Waals surface area contributed by atoms with Gasteiger partial charge in [-0.15, -0.1) is 10.2 Å². The number of rotatable bonds is 7. The van der Waals surface area contributed by atoms with Gasteiger partial charge in [0.25, 0.3) is 0 Å². The zero-order valence-corrected chi connectivity index (χ0v) is 18.7. The van der Waals surface area contributed by atoms with Crippen LogP contribution in [0.15, 0.2) is 6.07 Å². The fourth-order valence-corrected chi connectivity index (χ4v) is 4.09. The third-order valence-electron chi connectivity index (χ3n) is 5.01. The van der Waals surface area contributed by atoms with E-state index >= 15 is 0 Å². The SMILES string of the molecule is CC(C)(C)[Si](C)(C)O[C@@H]1COCC[C@H]1NCCOc1cc(Cl)nnc1Cl. The molecule has 0 aliphatic carbocycles. The fraction of sp³-hybridized carbons (Fsp3) is 0.765. The summed E-state index contributed by atoms with van der Waals surface area (Å²) in [5.41, 5.74) is 0. The number of halogens is 2. The zero-order chi connectivity index (χ0) is 19.4. The summed E-state index contributed by atoms with van der Waals surface area (Å²) in [4.78, 5) is 0. The molecule has 0 amide bonds. The van der Waals surface area contributed by atoms with Crippen LogP contribution in [0.1, 0.15) is 27.2 Å². The van der Waals surface area contributed by atoms with Gasteiger partial charge in [0.05, 0.1) is 12.7 Å². The van der Waals surface area contributed by atoms with Crippen LogP contribution in [0, 0.1) is 0 Å². The van der Waals surface area contributed by atoms with E-state index < -0.39 is 8.32 Å². The van der Waals surface area contributed by atoms with Crippen molar-refractivity contribution in [1.29, 1.82) is 0 Å². The van der Waals surface area contributed by atoms with Crippen molar-refractivity contribution in [2.45, 2.75) is 57.5 Å². The number of nitrogens with zero attached hydrogens (tertiary/aromatic N) is 2. The van der Waals surface area contributed by atoms with Crippen LogP contribution in [0.2, 0.25) is 28.4 Å². The smallest absolute Gasteiger partial charge is 0.193 e. The van der Waals surface area contributed by atoms with E-state index in [1.807, 2.05) is 0 Å². The average Bonchev–Trinajstić information content (AvgIpc) is 2.54. The molecular weight excluding hydrogens is 393 g/mol. The minimum atomic E-state index is -1.85. The van der Waals surface area contributed by atoms with Gasteiger partial charge in [-0.25, -0.2) is 0 Å². The van der Waals surface area contributed by atoms with E-state index in [4.69, 9.17) is 37.1 Å². The first kappa shape index (κ1) is 21.9. The molecule has 0 saturated carbocycles. The van der Waals surface area contributed by atoms with Gasteiger partial charge in [-0.2, -0.15) is 0 Å². The Labute approximate surface area is 167 Å². The van der Waals surface area contributed by atoms with Crippen LogP contribution in [0.4, 0.5) is 0 Å². The molecule has 0 unspecified atom stereocenters. The molecule has 2 rings (SSSR count). The highest BCUT2D eigenvalue weighted by atomic mass is 35.5. The Bertz CT molecular complexity index is 599. The molecule has 1 fully saturated rings. The van der Waals surface area contributed by atoms with Gasteiger partial charge in [0.15, 0.2) is 24.4 Å². The van der Waals surface area contributed by atoms with Gasteiger partial charge in [-0.3, -0.25) is 0 Å². The predicted molar refractivity (Wildman–Crippen MR) is 107 cm³/mol.